The third kappa shape index (κ3) is 4.59. The highest BCUT2D eigenvalue weighted by molar-refractivity contribution is 5.73. The number of carbonyl (C=O) groups excluding carboxylic acids is 1. The van der Waals surface area contributed by atoms with Crippen LogP contribution in [0.1, 0.15) is 30.9 Å². The summed E-state index contributed by atoms with van der Waals surface area (Å²) < 4.78 is 25.9. The predicted octanol–water partition coefficient (Wildman–Crippen LogP) is 3.86. The number of rotatable bonds is 4. The minimum atomic E-state index is -0.157. The van der Waals surface area contributed by atoms with E-state index in [0.29, 0.717) is 19.6 Å². The van der Waals surface area contributed by atoms with E-state index in [0.717, 1.165) is 48.6 Å². The van der Waals surface area contributed by atoms with Crippen LogP contribution in [-0.2, 0) is 17.9 Å². The average molecular weight is 413 g/mol. The zero-order valence-corrected chi connectivity index (χ0v) is 17.6. The molecule has 30 heavy (non-hydrogen) atoms. The molecule has 0 aromatic heterocycles. The van der Waals surface area contributed by atoms with Gasteiger partial charge in [0.1, 0.15) is 23.4 Å². The van der Waals surface area contributed by atoms with Crippen LogP contribution in [0.25, 0.3) is 0 Å². The van der Waals surface area contributed by atoms with Crippen LogP contribution >= 0.6 is 0 Å². The van der Waals surface area contributed by atoms with Crippen molar-refractivity contribution in [3.05, 3.63) is 59.4 Å². The summed E-state index contributed by atoms with van der Waals surface area (Å²) in [6.07, 6.45) is 1.98. The van der Waals surface area contributed by atoms with Crippen molar-refractivity contribution in [2.45, 2.75) is 39.0 Å². The first kappa shape index (κ1) is 20.7. The molecular weight excluding hydrogens is 383 g/mol. The molecule has 4 rings (SSSR count). The van der Waals surface area contributed by atoms with Gasteiger partial charge in [-0.05, 0) is 43.7 Å². The molecule has 0 bridgehead atoms. The molecule has 0 aliphatic carbocycles. The lowest BCUT2D eigenvalue weighted by atomic mass is 9.91. The van der Waals surface area contributed by atoms with Crippen LogP contribution in [0, 0.1) is 11.7 Å². The van der Waals surface area contributed by atoms with E-state index < -0.39 is 0 Å². The van der Waals surface area contributed by atoms with Gasteiger partial charge in [-0.3, -0.25) is 9.69 Å². The Labute approximate surface area is 177 Å². The number of likely N-dealkylation sites (tertiary alicyclic amines) is 1. The van der Waals surface area contributed by atoms with Gasteiger partial charge in [0.25, 0.3) is 0 Å². The van der Waals surface area contributed by atoms with Gasteiger partial charge < -0.3 is 14.4 Å². The Morgan fingerprint density at radius 3 is 2.83 bits per heavy atom. The highest BCUT2D eigenvalue weighted by Crippen LogP contribution is 2.33. The van der Waals surface area contributed by atoms with Crippen LogP contribution in [0.2, 0.25) is 0 Å². The van der Waals surface area contributed by atoms with Crippen LogP contribution in [0.4, 0.5) is 4.39 Å². The SMILES string of the molecule is COc1ccc2c(c1)CN(C(C)=O)C[C@H]([C@H]1CCCN(Cc3ccccc3F)C1)O2. The van der Waals surface area contributed by atoms with Gasteiger partial charge >= 0.3 is 0 Å². The Morgan fingerprint density at radius 1 is 1.23 bits per heavy atom. The zero-order chi connectivity index (χ0) is 21.1. The van der Waals surface area contributed by atoms with E-state index in [-0.39, 0.29) is 23.7 Å². The van der Waals surface area contributed by atoms with E-state index in [2.05, 4.69) is 4.90 Å². The highest BCUT2D eigenvalue weighted by atomic mass is 19.1. The van der Waals surface area contributed by atoms with Crippen LogP contribution in [0.3, 0.4) is 0 Å². The summed E-state index contributed by atoms with van der Waals surface area (Å²) in [6.45, 7) is 5.06. The largest absolute Gasteiger partial charge is 0.497 e. The molecule has 2 heterocycles. The van der Waals surface area contributed by atoms with Gasteiger partial charge in [0.05, 0.1) is 13.7 Å². The molecule has 0 spiro atoms. The Bertz CT molecular complexity index is 904. The first-order valence-electron chi connectivity index (χ1n) is 10.6. The summed E-state index contributed by atoms with van der Waals surface area (Å²) in [6, 6.07) is 12.7. The van der Waals surface area contributed by atoms with Crippen molar-refractivity contribution < 1.29 is 18.7 Å². The molecule has 0 saturated carbocycles. The van der Waals surface area contributed by atoms with Gasteiger partial charge in [-0.15, -0.1) is 0 Å². The zero-order valence-electron chi connectivity index (χ0n) is 17.6. The third-order valence-electron chi connectivity index (χ3n) is 6.17. The monoisotopic (exact) mass is 412 g/mol. The van der Waals surface area contributed by atoms with Crippen molar-refractivity contribution in [1.82, 2.24) is 9.80 Å². The quantitative estimate of drug-likeness (QED) is 0.765. The number of ether oxygens (including phenoxy) is 2. The minimum absolute atomic E-state index is 0.0401. The van der Waals surface area contributed by atoms with Gasteiger partial charge in [0, 0.05) is 43.6 Å². The number of methoxy groups -OCH3 is 1. The molecule has 5 nitrogen and oxygen atoms in total. The first-order chi connectivity index (χ1) is 14.5. The molecule has 6 heteroatoms. The number of halogens is 1. The normalized spacial score (nSPS) is 22.0. The summed E-state index contributed by atoms with van der Waals surface area (Å²) in [5.74, 6) is 1.73. The summed E-state index contributed by atoms with van der Waals surface area (Å²) in [7, 11) is 1.64. The molecule has 1 saturated heterocycles. The summed E-state index contributed by atoms with van der Waals surface area (Å²) >= 11 is 0. The van der Waals surface area contributed by atoms with E-state index >= 15 is 0 Å². The van der Waals surface area contributed by atoms with Crippen molar-refractivity contribution in [3.8, 4) is 11.5 Å². The minimum Gasteiger partial charge on any atom is -0.497 e. The number of nitrogens with zero attached hydrogens (tertiary/aromatic N) is 2. The number of benzene rings is 2. The lowest BCUT2D eigenvalue weighted by Gasteiger charge is -2.37. The third-order valence-corrected chi connectivity index (χ3v) is 6.17. The second kappa shape index (κ2) is 9.04. The number of carbonyl (C=O) groups is 1. The van der Waals surface area contributed by atoms with Crippen molar-refractivity contribution in [3.63, 3.8) is 0 Å². The lowest BCUT2D eigenvalue weighted by Crippen LogP contribution is -2.46. The molecule has 160 valence electrons. The second-order valence-corrected chi connectivity index (χ2v) is 8.26. The van der Waals surface area contributed by atoms with Crippen LogP contribution in [0.15, 0.2) is 42.5 Å². The molecule has 2 atom stereocenters. The molecule has 0 N–H and O–H groups in total. The van der Waals surface area contributed by atoms with Gasteiger partial charge in [0.15, 0.2) is 0 Å². The Morgan fingerprint density at radius 2 is 2.07 bits per heavy atom. The fourth-order valence-electron chi connectivity index (χ4n) is 4.50. The van der Waals surface area contributed by atoms with Crippen molar-refractivity contribution >= 4 is 5.91 Å². The van der Waals surface area contributed by atoms with Crippen molar-refractivity contribution in [2.24, 2.45) is 5.92 Å². The Balaban J connectivity index is 1.52. The fraction of sp³-hybridized carbons (Fsp3) is 0.458. The van der Waals surface area contributed by atoms with Gasteiger partial charge in [-0.25, -0.2) is 4.39 Å². The number of fused-ring (bicyclic) bond motifs is 1. The molecule has 2 aromatic carbocycles. The number of amides is 1. The van der Waals surface area contributed by atoms with E-state index in [1.807, 2.05) is 35.2 Å². The van der Waals surface area contributed by atoms with E-state index in [4.69, 9.17) is 9.47 Å². The van der Waals surface area contributed by atoms with Crippen LogP contribution in [-0.4, -0.2) is 48.6 Å². The molecule has 1 fully saturated rings. The highest BCUT2D eigenvalue weighted by Gasteiger charge is 2.33. The van der Waals surface area contributed by atoms with E-state index in [9.17, 15) is 9.18 Å². The van der Waals surface area contributed by atoms with Gasteiger partial charge in [-0.2, -0.15) is 0 Å². The standard InChI is InChI=1S/C24H29FN2O3/c1-17(28)27-15-20-12-21(29-2)9-10-23(20)30-24(16-27)19-7-5-11-26(14-19)13-18-6-3-4-8-22(18)25/h3-4,6,8-10,12,19,24H,5,7,11,13-16H2,1-2H3/t19-,24+/m0/s1. The van der Waals surface area contributed by atoms with Crippen LogP contribution < -0.4 is 9.47 Å². The van der Waals surface area contributed by atoms with Crippen LogP contribution in [0.5, 0.6) is 11.5 Å². The van der Waals surface area contributed by atoms with Gasteiger partial charge in [0.2, 0.25) is 5.91 Å². The maximum Gasteiger partial charge on any atom is 0.219 e. The number of hydrogen-bond donors (Lipinski definition) is 0. The summed E-state index contributed by atoms with van der Waals surface area (Å²) in [5.41, 5.74) is 1.69. The summed E-state index contributed by atoms with van der Waals surface area (Å²) in [4.78, 5) is 16.4. The van der Waals surface area contributed by atoms with Crippen molar-refractivity contribution in [2.75, 3.05) is 26.7 Å². The molecule has 1 amide bonds. The van der Waals surface area contributed by atoms with Crippen molar-refractivity contribution in [1.29, 1.82) is 0 Å². The number of hydrogen-bond acceptors (Lipinski definition) is 4. The Kier molecular flexibility index (Phi) is 6.23. The topological polar surface area (TPSA) is 42.0 Å². The van der Waals surface area contributed by atoms with Gasteiger partial charge in [-0.1, -0.05) is 18.2 Å². The summed E-state index contributed by atoms with van der Waals surface area (Å²) in [5, 5.41) is 0. The maximum atomic E-state index is 14.1. The Hall–Kier alpha value is -2.60. The molecular formula is C24H29FN2O3. The predicted molar refractivity (Wildman–Crippen MR) is 113 cm³/mol. The molecule has 2 aromatic rings. The lowest BCUT2D eigenvalue weighted by molar-refractivity contribution is -0.130. The maximum absolute atomic E-state index is 14.1. The first-order valence-corrected chi connectivity index (χ1v) is 10.6. The molecule has 2 aliphatic rings. The van der Waals surface area contributed by atoms with E-state index in [1.165, 1.54) is 6.07 Å². The molecule has 0 radical (unpaired) electrons. The smallest absolute Gasteiger partial charge is 0.219 e. The molecule has 2 aliphatic heterocycles. The molecule has 0 unspecified atom stereocenters. The average Bonchev–Trinajstić information content (AvgIpc) is 2.95. The number of piperidine rings is 1. The second-order valence-electron chi connectivity index (χ2n) is 8.26. The van der Waals surface area contributed by atoms with E-state index in [1.54, 1.807) is 20.1 Å². The fourth-order valence-corrected chi connectivity index (χ4v) is 4.50.